The molecular weight excluding hydrogens is 628 g/mol. The number of nitrogens with one attached hydrogen (secondary N) is 1. The lowest BCUT2D eigenvalue weighted by atomic mass is 9.95. The number of benzene rings is 3. The molecule has 1 aliphatic carbocycles. The average Bonchev–Trinajstić information content (AvgIpc) is 3.56. The number of nitrogens with zero attached hydrogens (tertiary/aromatic N) is 1. The lowest BCUT2D eigenvalue weighted by molar-refractivity contribution is -0.149. The van der Waals surface area contributed by atoms with Gasteiger partial charge in [0.2, 0.25) is 15.9 Å². The van der Waals surface area contributed by atoms with Gasteiger partial charge < -0.3 is 15.4 Å². The monoisotopic (exact) mass is 661 g/mol. The molecule has 6 rings (SSSR count). The van der Waals surface area contributed by atoms with E-state index in [4.69, 9.17) is 10.5 Å². The maximum Gasteiger partial charge on any atom is 0.298 e. The zero-order valence-corrected chi connectivity index (χ0v) is 25.4. The summed E-state index contributed by atoms with van der Waals surface area (Å²) in [6, 6.07) is 12.1. The van der Waals surface area contributed by atoms with E-state index in [0.717, 1.165) is 31.1 Å². The third-order valence-electron chi connectivity index (χ3n) is 8.83. The van der Waals surface area contributed by atoms with E-state index in [2.05, 4.69) is 20.7 Å². The van der Waals surface area contributed by atoms with E-state index in [9.17, 15) is 13.2 Å². The van der Waals surface area contributed by atoms with E-state index in [-0.39, 0.29) is 29.1 Å². The highest BCUT2D eigenvalue weighted by Crippen LogP contribution is 2.40. The first-order valence-electron chi connectivity index (χ1n) is 14.5. The maximum absolute atomic E-state index is 16.2. The van der Waals surface area contributed by atoms with Crippen LogP contribution < -0.4 is 15.2 Å². The number of halogens is 3. The maximum atomic E-state index is 16.2. The van der Waals surface area contributed by atoms with E-state index < -0.39 is 33.5 Å². The van der Waals surface area contributed by atoms with Crippen molar-refractivity contribution in [1.82, 2.24) is 9.62 Å². The molecular formula is C31H34BrF2N3O4S. The molecule has 3 atom stereocenters. The SMILES string of the molecule is NC1CC2CCC(C1)N2C(=O)[C@@H](NS(=O)(=O)c1ccc2cc(OC3CCCC3)ccc2c1)C(F)(F)c1ccc(Br)cc1. The van der Waals surface area contributed by atoms with Gasteiger partial charge in [-0.2, -0.15) is 13.5 Å². The average molecular weight is 663 g/mol. The van der Waals surface area contributed by atoms with E-state index in [1.165, 1.54) is 41.3 Å². The molecule has 0 aromatic heterocycles. The van der Waals surface area contributed by atoms with Crippen LogP contribution in [0.25, 0.3) is 10.8 Å². The minimum absolute atomic E-state index is 0.115. The molecule has 1 saturated carbocycles. The van der Waals surface area contributed by atoms with Gasteiger partial charge >= 0.3 is 0 Å². The Bertz CT molecular complexity index is 1570. The van der Waals surface area contributed by atoms with Gasteiger partial charge in [-0.1, -0.05) is 40.2 Å². The smallest absolute Gasteiger partial charge is 0.298 e. The zero-order valence-electron chi connectivity index (χ0n) is 23.0. The van der Waals surface area contributed by atoms with Gasteiger partial charge in [-0.3, -0.25) is 4.79 Å². The Balaban J connectivity index is 1.31. The number of ether oxygens (including phenoxy) is 1. The van der Waals surface area contributed by atoms with Crippen LogP contribution in [0, 0.1) is 0 Å². The van der Waals surface area contributed by atoms with Crippen LogP contribution in [0.2, 0.25) is 0 Å². The third kappa shape index (κ3) is 5.80. The van der Waals surface area contributed by atoms with Gasteiger partial charge in [-0.15, -0.1) is 0 Å². The van der Waals surface area contributed by atoms with E-state index in [1.54, 1.807) is 18.2 Å². The van der Waals surface area contributed by atoms with Crippen molar-refractivity contribution in [2.24, 2.45) is 5.73 Å². The lowest BCUT2D eigenvalue weighted by Crippen LogP contribution is -2.60. The lowest BCUT2D eigenvalue weighted by Gasteiger charge is -2.41. The molecule has 7 nitrogen and oxygen atoms in total. The Morgan fingerprint density at radius 3 is 2.24 bits per heavy atom. The first-order valence-corrected chi connectivity index (χ1v) is 16.7. The Hall–Kier alpha value is -2.60. The molecule has 2 aliphatic heterocycles. The number of hydrogen-bond donors (Lipinski definition) is 2. The predicted molar refractivity (Wildman–Crippen MR) is 160 cm³/mol. The highest BCUT2D eigenvalue weighted by Gasteiger charge is 2.53. The number of alkyl halides is 2. The zero-order chi connectivity index (χ0) is 29.6. The topological polar surface area (TPSA) is 102 Å². The fourth-order valence-electron chi connectivity index (χ4n) is 6.71. The number of amides is 1. The minimum Gasteiger partial charge on any atom is -0.490 e. The predicted octanol–water partition coefficient (Wildman–Crippen LogP) is 5.84. The van der Waals surface area contributed by atoms with Crippen molar-refractivity contribution in [3.63, 3.8) is 0 Å². The number of nitrogens with two attached hydrogens (primary N) is 1. The van der Waals surface area contributed by atoms with E-state index in [0.29, 0.717) is 41.3 Å². The van der Waals surface area contributed by atoms with Crippen molar-refractivity contribution >= 4 is 42.6 Å². The number of rotatable bonds is 8. The Morgan fingerprint density at radius 2 is 1.57 bits per heavy atom. The summed E-state index contributed by atoms with van der Waals surface area (Å²) in [6.45, 7) is 0. The van der Waals surface area contributed by atoms with Crippen LogP contribution in [0.5, 0.6) is 5.75 Å². The molecule has 0 radical (unpaired) electrons. The summed E-state index contributed by atoms with van der Waals surface area (Å²) in [4.78, 5) is 15.2. The van der Waals surface area contributed by atoms with Crippen molar-refractivity contribution in [1.29, 1.82) is 0 Å². The fraction of sp³-hybridized carbons (Fsp3) is 0.452. The standard InChI is InChI=1S/C31H34BrF2N3O4S/c32-22-9-7-21(8-10-22)31(33,34)29(30(38)37-24-11-12-25(37)18-23(35)17-24)36-42(39,40)28-14-6-19-15-27(13-5-20(19)16-28)41-26-3-1-2-4-26/h5-10,13-16,23-26,29,36H,1-4,11-12,17-18,35H2/t23?,24?,25?,29-/m1/s1. The van der Waals surface area contributed by atoms with Gasteiger partial charge in [0.05, 0.1) is 11.0 Å². The van der Waals surface area contributed by atoms with Gasteiger partial charge in [0.25, 0.3) is 5.92 Å². The summed E-state index contributed by atoms with van der Waals surface area (Å²) in [7, 11) is -4.53. The second kappa shape index (κ2) is 11.5. The molecule has 224 valence electrons. The Labute approximate surface area is 253 Å². The van der Waals surface area contributed by atoms with Gasteiger partial charge in [0, 0.05) is 28.2 Å². The molecule has 1 amide bonds. The van der Waals surface area contributed by atoms with E-state index in [1.807, 2.05) is 6.07 Å². The molecule has 2 heterocycles. The summed E-state index contributed by atoms with van der Waals surface area (Å²) in [5.74, 6) is -4.05. The first kappa shape index (κ1) is 29.5. The number of carbonyl (C=O) groups excluding carboxylic acids is 1. The van der Waals surface area contributed by atoms with Crippen molar-refractivity contribution < 1.29 is 26.7 Å². The number of piperidine rings is 1. The van der Waals surface area contributed by atoms with Crippen LogP contribution in [0.3, 0.4) is 0 Å². The summed E-state index contributed by atoms with van der Waals surface area (Å²) in [5.41, 5.74) is 5.69. The quantitative estimate of drug-likeness (QED) is 0.316. The van der Waals surface area contributed by atoms with Gasteiger partial charge in [0.15, 0.2) is 6.04 Å². The summed E-state index contributed by atoms with van der Waals surface area (Å²) in [5, 5.41) is 1.38. The Morgan fingerprint density at radius 1 is 0.952 bits per heavy atom. The van der Waals surface area contributed by atoms with Gasteiger partial charge in [-0.05, 0) is 98.5 Å². The molecule has 2 saturated heterocycles. The highest BCUT2D eigenvalue weighted by molar-refractivity contribution is 9.10. The van der Waals surface area contributed by atoms with E-state index >= 15 is 8.78 Å². The van der Waals surface area contributed by atoms with Gasteiger partial charge in [-0.25, -0.2) is 8.42 Å². The minimum atomic E-state index is -4.53. The molecule has 3 aliphatic rings. The number of carbonyl (C=O) groups is 1. The molecule has 11 heteroatoms. The van der Waals surface area contributed by atoms with Crippen LogP contribution in [-0.2, 0) is 20.7 Å². The largest absolute Gasteiger partial charge is 0.490 e. The molecule has 3 N–H and O–H groups in total. The second-order valence-corrected chi connectivity index (χ2v) is 14.4. The number of sulfonamides is 1. The van der Waals surface area contributed by atoms with Crippen molar-refractivity contribution in [2.75, 3.05) is 0 Å². The third-order valence-corrected chi connectivity index (χ3v) is 10.8. The van der Waals surface area contributed by atoms with Crippen molar-refractivity contribution in [2.45, 2.75) is 92.5 Å². The summed E-state index contributed by atoms with van der Waals surface area (Å²) >= 11 is 3.24. The van der Waals surface area contributed by atoms with Crippen LogP contribution in [0.4, 0.5) is 8.78 Å². The van der Waals surface area contributed by atoms with Crippen LogP contribution in [0.1, 0.15) is 56.9 Å². The Kier molecular flexibility index (Phi) is 8.06. The normalized spacial score (nSPS) is 23.8. The first-order chi connectivity index (χ1) is 20.0. The summed E-state index contributed by atoms with van der Waals surface area (Å²) < 4.78 is 68.5. The van der Waals surface area contributed by atoms with Gasteiger partial charge in [0.1, 0.15) is 5.75 Å². The highest BCUT2D eigenvalue weighted by atomic mass is 79.9. The molecule has 2 bridgehead atoms. The molecule has 0 spiro atoms. The van der Waals surface area contributed by atoms with Crippen molar-refractivity contribution in [3.8, 4) is 5.75 Å². The molecule has 3 fully saturated rings. The van der Waals surface area contributed by atoms with Crippen LogP contribution >= 0.6 is 15.9 Å². The number of fused-ring (bicyclic) bond motifs is 3. The molecule has 2 unspecified atom stereocenters. The second-order valence-electron chi connectivity index (χ2n) is 11.7. The van der Waals surface area contributed by atoms with Crippen LogP contribution in [-0.4, -0.2) is 49.5 Å². The van der Waals surface area contributed by atoms with Crippen LogP contribution in [0.15, 0.2) is 70.0 Å². The molecule has 3 aromatic rings. The summed E-state index contributed by atoms with van der Waals surface area (Å²) in [6.07, 6.45) is 6.81. The molecule has 3 aromatic carbocycles. The molecule has 42 heavy (non-hydrogen) atoms. The van der Waals surface area contributed by atoms with Crippen molar-refractivity contribution in [3.05, 3.63) is 70.7 Å². The number of hydrogen-bond acceptors (Lipinski definition) is 5. The fourth-order valence-corrected chi connectivity index (χ4v) is 8.20.